The Morgan fingerprint density at radius 1 is 1.45 bits per heavy atom. The molecule has 1 atom stereocenters. The summed E-state index contributed by atoms with van der Waals surface area (Å²) in [5, 5.41) is 4.06. The Kier molecular flexibility index (Phi) is 4.40. The number of hydrogen-bond acceptors (Lipinski definition) is 4. The topological polar surface area (TPSA) is 53.4 Å². The van der Waals surface area contributed by atoms with Crippen LogP contribution in [0.1, 0.15) is 35.9 Å². The molecule has 106 valence electrons. The normalized spacial score (nSPS) is 11.9. The molecule has 20 heavy (non-hydrogen) atoms. The molecule has 0 aliphatic rings. The van der Waals surface area contributed by atoms with E-state index >= 15 is 0 Å². The van der Waals surface area contributed by atoms with Crippen LogP contribution in [-0.2, 0) is 11.3 Å². The Morgan fingerprint density at radius 3 is 2.90 bits per heavy atom. The van der Waals surface area contributed by atoms with Gasteiger partial charge in [-0.05, 0) is 31.5 Å². The van der Waals surface area contributed by atoms with Gasteiger partial charge in [0.1, 0.15) is 11.9 Å². The van der Waals surface area contributed by atoms with Gasteiger partial charge >= 0.3 is 5.97 Å². The molecule has 1 unspecified atom stereocenters. The first kappa shape index (κ1) is 14.1. The van der Waals surface area contributed by atoms with E-state index < -0.39 is 0 Å². The number of esters is 1. The zero-order valence-electron chi connectivity index (χ0n) is 11.9. The number of aromatic nitrogens is 2. The van der Waals surface area contributed by atoms with Gasteiger partial charge in [-0.1, -0.05) is 12.1 Å². The maximum atomic E-state index is 12.0. The molecule has 0 spiro atoms. The van der Waals surface area contributed by atoms with E-state index in [9.17, 15) is 4.79 Å². The number of methoxy groups -OCH3 is 1. The van der Waals surface area contributed by atoms with Crippen molar-refractivity contribution in [2.75, 3.05) is 7.11 Å². The lowest BCUT2D eigenvalue weighted by Gasteiger charge is -2.13. The van der Waals surface area contributed by atoms with Crippen LogP contribution in [0.25, 0.3) is 0 Å². The second kappa shape index (κ2) is 6.23. The van der Waals surface area contributed by atoms with E-state index in [1.807, 2.05) is 38.1 Å². The van der Waals surface area contributed by atoms with Gasteiger partial charge in [0, 0.05) is 12.7 Å². The number of rotatable bonds is 5. The van der Waals surface area contributed by atoms with Crippen LogP contribution in [0.4, 0.5) is 0 Å². The summed E-state index contributed by atoms with van der Waals surface area (Å²) in [4.78, 5) is 12.0. The molecule has 0 N–H and O–H groups in total. The van der Waals surface area contributed by atoms with Gasteiger partial charge in [-0.3, -0.25) is 4.68 Å². The summed E-state index contributed by atoms with van der Waals surface area (Å²) >= 11 is 0. The van der Waals surface area contributed by atoms with Gasteiger partial charge in [0.2, 0.25) is 0 Å². The van der Waals surface area contributed by atoms with Crippen molar-refractivity contribution in [3.05, 3.63) is 47.8 Å². The van der Waals surface area contributed by atoms with Crippen LogP contribution in [0.3, 0.4) is 0 Å². The van der Waals surface area contributed by atoms with Crippen molar-refractivity contribution < 1.29 is 14.3 Å². The van der Waals surface area contributed by atoms with Crippen molar-refractivity contribution in [3.8, 4) is 5.75 Å². The summed E-state index contributed by atoms with van der Waals surface area (Å²) in [6.45, 7) is 4.51. The summed E-state index contributed by atoms with van der Waals surface area (Å²) in [7, 11) is 1.61. The highest BCUT2D eigenvalue weighted by molar-refractivity contribution is 5.88. The third kappa shape index (κ3) is 3.17. The maximum Gasteiger partial charge on any atom is 0.341 e. The van der Waals surface area contributed by atoms with Crippen LogP contribution < -0.4 is 4.74 Å². The van der Waals surface area contributed by atoms with E-state index in [1.165, 1.54) is 6.20 Å². The summed E-state index contributed by atoms with van der Waals surface area (Å²) < 4.78 is 12.3. The second-order valence-corrected chi connectivity index (χ2v) is 4.41. The molecule has 1 heterocycles. The first-order valence-electron chi connectivity index (χ1n) is 6.51. The van der Waals surface area contributed by atoms with Crippen LogP contribution in [0.2, 0.25) is 0 Å². The van der Waals surface area contributed by atoms with Gasteiger partial charge in [0.05, 0.1) is 18.9 Å². The molecule has 0 radical (unpaired) electrons. The Balaban J connectivity index is 2.06. The first-order chi connectivity index (χ1) is 9.63. The lowest BCUT2D eigenvalue weighted by atomic mass is 10.1. The Labute approximate surface area is 118 Å². The summed E-state index contributed by atoms with van der Waals surface area (Å²) in [5.74, 6) is 0.365. The number of ether oxygens (including phenoxy) is 2. The highest BCUT2D eigenvalue weighted by atomic mass is 16.5. The largest absolute Gasteiger partial charge is 0.497 e. The molecular formula is C15H18N2O3. The number of hydrogen-bond donors (Lipinski definition) is 0. The third-order valence-electron chi connectivity index (χ3n) is 3.04. The molecule has 1 aromatic heterocycles. The maximum absolute atomic E-state index is 12.0. The van der Waals surface area contributed by atoms with Gasteiger partial charge in [-0.25, -0.2) is 4.79 Å². The van der Waals surface area contributed by atoms with E-state index in [2.05, 4.69) is 5.10 Å². The van der Waals surface area contributed by atoms with Crippen molar-refractivity contribution in [2.24, 2.45) is 0 Å². The fourth-order valence-corrected chi connectivity index (χ4v) is 1.83. The number of aryl methyl sites for hydroxylation is 1. The van der Waals surface area contributed by atoms with E-state index in [1.54, 1.807) is 18.0 Å². The molecule has 5 nitrogen and oxygen atoms in total. The monoisotopic (exact) mass is 274 g/mol. The molecule has 0 bridgehead atoms. The zero-order valence-corrected chi connectivity index (χ0v) is 11.9. The van der Waals surface area contributed by atoms with Gasteiger partial charge < -0.3 is 9.47 Å². The molecular weight excluding hydrogens is 256 g/mol. The lowest BCUT2D eigenvalue weighted by molar-refractivity contribution is 0.0337. The zero-order chi connectivity index (χ0) is 14.5. The SMILES string of the molecule is CCn1cc(C(=O)OC(C)c2cccc(OC)c2)cn1. The first-order valence-corrected chi connectivity index (χ1v) is 6.51. The van der Waals surface area contributed by atoms with Gasteiger partial charge in [0.25, 0.3) is 0 Å². The molecule has 0 saturated heterocycles. The van der Waals surface area contributed by atoms with Crippen molar-refractivity contribution in [1.82, 2.24) is 9.78 Å². The van der Waals surface area contributed by atoms with Crippen molar-refractivity contribution in [1.29, 1.82) is 0 Å². The molecule has 0 fully saturated rings. The minimum atomic E-state index is -0.375. The molecule has 0 amide bonds. The lowest BCUT2D eigenvalue weighted by Crippen LogP contribution is -2.08. The average Bonchev–Trinajstić information content (AvgIpc) is 2.96. The molecule has 0 aliphatic carbocycles. The van der Waals surface area contributed by atoms with E-state index in [-0.39, 0.29) is 12.1 Å². The molecule has 2 aromatic rings. The summed E-state index contributed by atoms with van der Waals surface area (Å²) in [6, 6.07) is 7.47. The van der Waals surface area contributed by atoms with Crippen molar-refractivity contribution in [3.63, 3.8) is 0 Å². The highest BCUT2D eigenvalue weighted by Gasteiger charge is 2.15. The number of benzene rings is 1. The number of nitrogens with zero attached hydrogens (tertiary/aromatic N) is 2. The predicted molar refractivity (Wildman–Crippen MR) is 74.7 cm³/mol. The molecule has 5 heteroatoms. The molecule has 0 aliphatic heterocycles. The Morgan fingerprint density at radius 2 is 2.25 bits per heavy atom. The molecule has 1 aromatic carbocycles. The van der Waals surface area contributed by atoms with Crippen LogP contribution >= 0.6 is 0 Å². The van der Waals surface area contributed by atoms with E-state index in [0.717, 1.165) is 17.9 Å². The van der Waals surface area contributed by atoms with Gasteiger partial charge in [-0.2, -0.15) is 5.10 Å². The standard InChI is InChI=1S/C15H18N2O3/c1-4-17-10-13(9-16-17)15(18)20-11(2)12-6-5-7-14(8-12)19-3/h5-11H,4H2,1-3H3. The Bertz CT molecular complexity index is 592. The van der Waals surface area contributed by atoms with Crippen LogP contribution in [0.5, 0.6) is 5.75 Å². The van der Waals surface area contributed by atoms with Crippen molar-refractivity contribution in [2.45, 2.75) is 26.5 Å². The van der Waals surface area contributed by atoms with Gasteiger partial charge in [0.15, 0.2) is 0 Å². The minimum absolute atomic E-state index is 0.345. The number of carbonyl (C=O) groups excluding carboxylic acids is 1. The summed E-state index contributed by atoms with van der Waals surface area (Å²) in [5.41, 5.74) is 1.35. The predicted octanol–water partition coefficient (Wildman–Crippen LogP) is 2.83. The van der Waals surface area contributed by atoms with Crippen LogP contribution in [0, 0.1) is 0 Å². The van der Waals surface area contributed by atoms with Gasteiger partial charge in [-0.15, -0.1) is 0 Å². The fraction of sp³-hybridized carbons (Fsp3) is 0.333. The van der Waals surface area contributed by atoms with E-state index in [4.69, 9.17) is 9.47 Å². The minimum Gasteiger partial charge on any atom is -0.497 e. The van der Waals surface area contributed by atoms with Crippen LogP contribution in [-0.4, -0.2) is 22.9 Å². The third-order valence-corrected chi connectivity index (χ3v) is 3.04. The molecule has 0 saturated carbocycles. The highest BCUT2D eigenvalue weighted by Crippen LogP contribution is 2.22. The quantitative estimate of drug-likeness (QED) is 0.787. The van der Waals surface area contributed by atoms with Crippen LogP contribution in [0.15, 0.2) is 36.7 Å². The van der Waals surface area contributed by atoms with Crippen molar-refractivity contribution >= 4 is 5.97 Å². The second-order valence-electron chi connectivity index (χ2n) is 4.41. The fourth-order valence-electron chi connectivity index (χ4n) is 1.83. The smallest absolute Gasteiger partial charge is 0.341 e. The van der Waals surface area contributed by atoms with E-state index in [0.29, 0.717) is 5.56 Å². The Hall–Kier alpha value is -2.30. The molecule has 2 rings (SSSR count). The average molecular weight is 274 g/mol. The summed E-state index contributed by atoms with van der Waals surface area (Å²) in [6.07, 6.45) is 2.85. The number of carbonyl (C=O) groups is 1.